The Bertz CT molecular complexity index is 1250. The molecule has 0 bridgehead atoms. The molecule has 0 saturated heterocycles. The molecule has 1 heterocycles. The highest BCUT2D eigenvalue weighted by Crippen LogP contribution is 2.58. The van der Waals surface area contributed by atoms with Crippen molar-refractivity contribution >= 4 is 62.1 Å². The van der Waals surface area contributed by atoms with Crippen LogP contribution in [0, 0.1) is 0 Å². The van der Waals surface area contributed by atoms with Crippen molar-refractivity contribution in [2.24, 2.45) is 0 Å². The van der Waals surface area contributed by atoms with Crippen molar-refractivity contribution in [3.63, 3.8) is 0 Å². The summed E-state index contributed by atoms with van der Waals surface area (Å²) >= 11 is 1.73. The molecule has 0 radical (unpaired) electrons. The van der Waals surface area contributed by atoms with Gasteiger partial charge in [0, 0.05) is 51.1 Å². The van der Waals surface area contributed by atoms with E-state index in [1.54, 1.807) is 60.7 Å². The third-order valence-corrected chi connectivity index (χ3v) is 8.56. The molecule has 8 nitrogen and oxygen atoms in total. The minimum absolute atomic E-state index is 0.0537. The predicted octanol–water partition coefficient (Wildman–Crippen LogP) is 3.91. The fraction of sp³-hybridized carbons (Fsp3) is 0.190. The standard InChI is InChI=1S/C21H19ClN2O6S3/c1-23(32(27)28)16-4-2-3-14(11-16)17-12-21(17,20(25)26)24(33(29)30)19-10-9-18(31-19)13-5-7-15(22)8-6-13/h2-11,17H,12H2,1H3,(H,25,26)(H,27,28)(H,29,30)/p-2. The van der Waals surface area contributed by atoms with Crippen molar-refractivity contribution in [1.29, 1.82) is 0 Å². The average molecular weight is 525 g/mol. The molecule has 1 aliphatic carbocycles. The summed E-state index contributed by atoms with van der Waals surface area (Å²) in [6.07, 6.45) is 0.0537. The summed E-state index contributed by atoms with van der Waals surface area (Å²) in [5, 5.41) is 10.9. The monoisotopic (exact) mass is 524 g/mol. The summed E-state index contributed by atoms with van der Waals surface area (Å²) < 4.78 is 49.1. The Hall–Kier alpha value is -2.28. The highest BCUT2D eigenvalue weighted by Gasteiger charge is 2.66. The maximum Gasteiger partial charge on any atom is 0.331 e. The fourth-order valence-corrected chi connectivity index (χ4v) is 6.28. The zero-order valence-electron chi connectivity index (χ0n) is 17.0. The van der Waals surface area contributed by atoms with Crippen LogP contribution in [0.3, 0.4) is 0 Å². The van der Waals surface area contributed by atoms with E-state index < -0.39 is 40.0 Å². The molecule has 4 atom stereocenters. The van der Waals surface area contributed by atoms with Gasteiger partial charge in [-0.15, -0.1) is 11.3 Å². The number of carboxylic acids is 1. The smallest absolute Gasteiger partial charge is 0.331 e. The summed E-state index contributed by atoms with van der Waals surface area (Å²) in [6, 6.07) is 16.8. The van der Waals surface area contributed by atoms with Gasteiger partial charge < -0.3 is 18.5 Å². The number of halogens is 1. The van der Waals surface area contributed by atoms with E-state index >= 15 is 0 Å². The van der Waals surface area contributed by atoms with Gasteiger partial charge in [-0.2, -0.15) is 0 Å². The third kappa shape index (κ3) is 4.44. The molecule has 0 aliphatic heterocycles. The first-order chi connectivity index (χ1) is 15.6. The molecule has 0 spiro atoms. The van der Waals surface area contributed by atoms with Crippen LogP contribution < -0.4 is 8.61 Å². The Morgan fingerprint density at radius 3 is 2.42 bits per heavy atom. The lowest BCUT2D eigenvalue weighted by molar-refractivity contribution is -0.139. The molecule has 4 unspecified atom stereocenters. The van der Waals surface area contributed by atoms with Gasteiger partial charge >= 0.3 is 5.97 Å². The molecule has 4 rings (SSSR count). The SMILES string of the molecule is CN(c1cccc(C2CC2(C(=O)O)N(c2ccc(-c3ccc(Cl)cc3)s2)S(=O)[O-])c1)S(=O)[O-]. The van der Waals surface area contributed by atoms with E-state index in [0.717, 1.165) is 30.4 Å². The molecule has 1 aliphatic rings. The molecule has 174 valence electrons. The first kappa shape index (κ1) is 23.9. The van der Waals surface area contributed by atoms with Gasteiger partial charge in [-0.25, -0.2) is 4.79 Å². The Kier molecular flexibility index (Phi) is 6.63. The lowest BCUT2D eigenvalue weighted by Gasteiger charge is -2.32. The van der Waals surface area contributed by atoms with Crippen molar-refractivity contribution in [3.05, 3.63) is 71.2 Å². The summed E-state index contributed by atoms with van der Waals surface area (Å²) in [7, 11) is 1.36. The predicted molar refractivity (Wildman–Crippen MR) is 128 cm³/mol. The van der Waals surface area contributed by atoms with Crippen LogP contribution in [0.15, 0.2) is 60.7 Å². The van der Waals surface area contributed by atoms with Crippen molar-refractivity contribution in [3.8, 4) is 10.4 Å². The fourth-order valence-electron chi connectivity index (χ4n) is 3.83. The number of benzene rings is 2. The van der Waals surface area contributed by atoms with E-state index in [0.29, 0.717) is 16.3 Å². The van der Waals surface area contributed by atoms with Crippen LogP contribution in [0.5, 0.6) is 0 Å². The highest BCUT2D eigenvalue weighted by atomic mass is 35.5. The average Bonchev–Trinajstić information content (AvgIpc) is 3.35. The van der Waals surface area contributed by atoms with Crippen molar-refractivity contribution in [2.45, 2.75) is 17.9 Å². The van der Waals surface area contributed by atoms with Crippen LogP contribution in [0.25, 0.3) is 10.4 Å². The molecule has 2 aromatic carbocycles. The molecular weight excluding hydrogens is 508 g/mol. The van der Waals surface area contributed by atoms with Crippen LogP contribution in [-0.2, 0) is 27.3 Å². The van der Waals surface area contributed by atoms with Gasteiger partial charge in [0.2, 0.25) is 0 Å². The zero-order valence-corrected chi connectivity index (χ0v) is 20.2. The molecule has 1 aromatic heterocycles. The lowest BCUT2D eigenvalue weighted by atomic mass is 10.1. The molecule has 1 N–H and O–H groups in total. The van der Waals surface area contributed by atoms with E-state index in [1.165, 1.54) is 7.05 Å². The van der Waals surface area contributed by atoms with Crippen LogP contribution in [0.2, 0.25) is 5.02 Å². The Morgan fingerprint density at radius 1 is 1.12 bits per heavy atom. The number of carboxylic acid groups (broad SMARTS) is 1. The van der Waals surface area contributed by atoms with E-state index in [2.05, 4.69) is 0 Å². The van der Waals surface area contributed by atoms with Crippen molar-refractivity contribution < 1.29 is 27.4 Å². The van der Waals surface area contributed by atoms with Gasteiger partial charge in [0.1, 0.15) is 5.00 Å². The van der Waals surface area contributed by atoms with E-state index in [4.69, 9.17) is 11.6 Å². The number of thiophene rings is 1. The summed E-state index contributed by atoms with van der Waals surface area (Å²) in [6.45, 7) is 0. The lowest BCUT2D eigenvalue weighted by Crippen LogP contribution is -2.46. The highest BCUT2D eigenvalue weighted by molar-refractivity contribution is 7.81. The Balaban J connectivity index is 1.71. The number of carbonyl (C=O) groups is 1. The second kappa shape index (κ2) is 9.16. The number of hydrogen-bond donors (Lipinski definition) is 1. The summed E-state index contributed by atoms with van der Waals surface area (Å²) in [4.78, 5) is 13.2. The molecule has 12 heteroatoms. The van der Waals surface area contributed by atoms with Gasteiger partial charge in [0.25, 0.3) is 0 Å². The van der Waals surface area contributed by atoms with Crippen molar-refractivity contribution in [2.75, 3.05) is 15.7 Å². The first-order valence-corrected chi connectivity index (χ1v) is 12.8. The maximum atomic E-state index is 12.4. The van der Waals surface area contributed by atoms with Crippen LogP contribution in [0.4, 0.5) is 10.7 Å². The molecular formula is C21H17ClN2O6S3-2. The first-order valence-electron chi connectivity index (χ1n) is 9.57. The van der Waals surface area contributed by atoms with Crippen molar-refractivity contribution in [1.82, 2.24) is 0 Å². The second-order valence-corrected chi connectivity index (χ2v) is 10.7. The minimum atomic E-state index is -2.86. The van der Waals surface area contributed by atoms with Crippen LogP contribution in [0.1, 0.15) is 17.9 Å². The van der Waals surface area contributed by atoms with E-state index in [9.17, 15) is 27.4 Å². The summed E-state index contributed by atoms with van der Waals surface area (Å²) in [5.41, 5.74) is 0.00757. The topological polar surface area (TPSA) is 124 Å². The van der Waals surface area contributed by atoms with Gasteiger partial charge in [0.15, 0.2) is 5.54 Å². The third-order valence-electron chi connectivity index (χ3n) is 5.59. The van der Waals surface area contributed by atoms with Crippen LogP contribution in [-0.4, -0.2) is 41.2 Å². The Morgan fingerprint density at radius 2 is 1.82 bits per heavy atom. The van der Waals surface area contributed by atoms with Gasteiger partial charge in [0.05, 0.1) is 0 Å². The maximum absolute atomic E-state index is 12.4. The number of aliphatic carboxylic acids is 1. The quantitative estimate of drug-likeness (QED) is 0.445. The van der Waals surface area contributed by atoms with Gasteiger partial charge in [-0.3, -0.25) is 12.7 Å². The molecule has 1 fully saturated rings. The largest absolute Gasteiger partial charge is 0.755 e. The number of rotatable bonds is 8. The molecule has 3 aromatic rings. The van der Waals surface area contributed by atoms with Gasteiger partial charge in [-0.05, 0) is 53.9 Å². The van der Waals surface area contributed by atoms with Crippen LogP contribution >= 0.6 is 22.9 Å². The normalized spacial score (nSPS) is 21.3. The van der Waals surface area contributed by atoms with Gasteiger partial charge in [-0.1, -0.05) is 35.9 Å². The zero-order chi connectivity index (χ0) is 23.9. The number of hydrogen-bond acceptors (Lipinski definition) is 6. The molecule has 33 heavy (non-hydrogen) atoms. The van der Waals surface area contributed by atoms with E-state index in [1.807, 2.05) is 0 Å². The Labute approximate surface area is 204 Å². The summed E-state index contributed by atoms with van der Waals surface area (Å²) in [5.74, 6) is -1.92. The molecule has 1 saturated carbocycles. The minimum Gasteiger partial charge on any atom is -0.755 e. The molecule has 0 amide bonds. The number of nitrogens with zero attached hydrogens (tertiary/aromatic N) is 2. The van der Waals surface area contributed by atoms with E-state index in [-0.39, 0.29) is 11.4 Å². The second-order valence-electron chi connectivity index (χ2n) is 7.45. The number of anilines is 2.